The number of carboxylic acids is 1. The largest absolute Gasteiger partial charge is 0.493 e. The molecule has 6 bridgehead atoms. The minimum atomic E-state index is -2.66. The van der Waals surface area contributed by atoms with Gasteiger partial charge in [0.2, 0.25) is 11.6 Å². The Bertz CT molecular complexity index is 2370. The van der Waals surface area contributed by atoms with Crippen molar-refractivity contribution >= 4 is 61.5 Å². The monoisotopic (exact) mass is 956 g/mol. The van der Waals surface area contributed by atoms with Gasteiger partial charge in [0, 0.05) is 44.8 Å². The van der Waals surface area contributed by atoms with Crippen LogP contribution in [-0.4, -0.2) is 99.9 Å². The summed E-state index contributed by atoms with van der Waals surface area (Å²) in [6.07, 6.45) is 8.08. The number of allylic oxidation sites excluding steroid dienone is 3. The summed E-state index contributed by atoms with van der Waals surface area (Å²) >= 11 is 7.15. The van der Waals surface area contributed by atoms with Gasteiger partial charge in [0.05, 0.1) is 66.3 Å². The average molecular weight is 959 g/mol. The number of carboxylic acid groups (broad SMARTS) is 1. The molecular weight excluding hydrogens is 920 g/mol. The summed E-state index contributed by atoms with van der Waals surface area (Å²) in [6.45, 7) is 0. The van der Waals surface area contributed by atoms with Gasteiger partial charge in [-0.15, -0.1) is 0 Å². The van der Waals surface area contributed by atoms with Crippen LogP contribution in [0.5, 0.6) is 23.0 Å². The number of aliphatic hydroxyl groups is 1. The molecule has 60 heavy (non-hydrogen) atoms. The van der Waals surface area contributed by atoms with Crippen LogP contribution in [0.15, 0.2) is 80.8 Å². The van der Waals surface area contributed by atoms with Crippen LogP contribution >= 0.6 is 31.9 Å². The first kappa shape index (κ1) is 41.7. The number of ether oxygens (including phenoxy) is 9. The summed E-state index contributed by atoms with van der Waals surface area (Å²) in [5.41, 5.74) is 1.33. The van der Waals surface area contributed by atoms with Crippen LogP contribution in [-0.2, 0) is 47.7 Å². The van der Waals surface area contributed by atoms with Gasteiger partial charge in [-0.25, -0.2) is 9.59 Å². The van der Waals surface area contributed by atoms with Crippen molar-refractivity contribution in [2.24, 2.45) is 35.5 Å². The van der Waals surface area contributed by atoms with E-state index >= 15 is 4.79 Å². The van der Waals surface area contributed by atoms with Crippen molar-refractivity contribution in [3.63, 3.8) is 0 Å². The molecule has 8 aliphatic rings. The normalized spacial score (nSPS) is 34.4. The molecule has 2 N–H and O–H groups in total. The maximum Gasteiger partial charge on any atom is 0.330 e. The summed E-state index contributed by atoms with van der Waals surface area (Å²) in [5.74, 6) is -21.0. The number of hydrogen-bond donors (Lipinski definition) is 2. The van der Waals surface area contributed by atoms with Gasteiger partial charge in [0.25, 0.3) is 5.79 Å². The lowest BCUT2D eigenvalue weighted by Gasteiger charge is -2.53. The van der Waals surface area contributed by atoms with Crippen LogP contribution in [0.4, 0.5) is 0 Å². The van der Waals surface area contributed by atoms with Gasteiger partial charge in [-0.1, -0.05) is 56.2 Å². The summed E-state index contributed by atoms with van der Waals surface area (Å²) in [7, 11) is 8.11. The molecule has 16 nitrogen and oxygen atoms in total. The smallest absolute Gasteiger partial charge is 0.330 e. The Kier molecular flexibility index (Phi) is 10.3. The zero-order valence-corrected chi connectivity index (χ0v) is 35.9. The molecule has 6 aliphatic carbocycles. The van der Waals surface area contributed by atoms with E-state index in [1.165, 1.54) is 60.9 Å². The molecule has 2 aromatic rings. The SMILES string of the molecule is COC(=O)/C=C/C1=C[C@H]2[C@@H](c3cc(OC)c(OC)cc3Br)[C@@H]3C(=O)O[C@@]4(O[C@@]5(O[C@@]24O)C(=O)[C@@H]2C=C(/C=C/C(=O)OC)[C@H]5[C@H](C(=O)O)[C@H]2c2cc(OC)c(OC)cc2Br)[C@H]13. The van der Waals surface area contributed by atoms with Gasteiger partial charge in [0.15, 0.2) is 28.8 Å². The Morgan fingerprint density at radius 1 is 0.700 bits per heavy atom. The number of hydrogen-bond acceptors (Lipinski definition) is 15. The lowest BCUT2D eigenvalue weighted by atomic mass is 9.54. The molecule has 2 heterocycles. The van der Waals surface area contributed by atoms with E-state index in [1.807, 2.05) is 0 Å². The topological polar surface area (TPSA) is 209 Å². The highest BCUT2D eigenvalue weighted by Crippen LogP contribution is 2.74. The first-order valence-corrected chi connectivity index (χ1v) is 20.1. The number of carbonyl (C=O) groups is 5. The highest BCUT2D eigenvalue weighted by molar-refractivity contribution is 9.10. The summed E-state index contributed by atoms with van der Waals surface area (Å²) in [6, 6.07) is 6.45. The standard InChI is InChI=1S/C42H38Br2O16/c1-52-25-13-19(23(43)15-27(25)54-3)31-21-11-17(7-9-29(45)56-5)35(33(31)38(48)49)40(37(21)47)59-41(51)22-12-18(8-10-30(46)57-6)36-34(39(50)58-42(36,41)60-40)32(22)20-14-26(53-2)28(55-4)16-24(20)44/h7-16,21-22,31-36,51H,1-6H3,(H,48,49)/b9-7+,10-8+/t21-,22+,31+,32-,33-,34+,35+,36-,40-,41+,42-/m1/s1. The number of aliphatic carboxylic acids is 1. The van der Waals surface area contributed by atoms with E-state index in [0.29, 0.717) is 42.9 Å². The number of carbonyl (C=O) groups excluding carboxylic acids is 4. The number of rotatable bonds is 11. The van der Waals surface area contributed by atoms with Gasteiger partial charge >= 0.3 is 23.9 Å². The third kappa shape index (κ3) is 5.67. The molecule has 2 aromatic carbocycles. The highest BCUT2D eigenvalue weighted by atomic mass is 79.9. The number of halogens is 2. The van der Waals surface area contributed by atoms with Crippen LogP contribution in [0.2, 0.25) is 0 Å². The Hall–Kier alpha value is -5.01. The van der Waals surface area contributed by atoms with Crippen molar-refractivity contribution in [3.05, 3.63) is 91.9 Å². The number of esters is 3. The van der Waals surface area contributed by atoms with E-state index in [2.05, 4.69) is 31.9 Å². The second-order valence-electron chi connectivity index (χ2n) is 15.0. The van der Waals surface area contributed by atoms with Gasteiger partial charge in [-0.05, 0) is 46.5 Å². The van der Waals surface area contributed by atoms with E-state index in [4.69, 9.17) is 42.6 Å². The highest BCUT2D eigenvalue weighted by Gasteiger charge is 2.88. The number of Topliss-reactive ketones (excluding diaryl/α,β-unsaturated/α-hetero) is 1. The fraction of sp³-hybridized carbons (Fsp3) is 0.405. The molecule has 4 fully saturated rings. The maximum atomic E-state index is 15.4. The summed E-state index contributed by atoms with van der Waals surface area (Å²) in [4.78, 5) is 68.5. The molecule has 11 atom stereocenters. The molecule has 2 saturated carbocycles. The average Bonchev–Trinajstić information content (AvgIpc) is 3.68. The molecule has 0 amide bonds. The van der Waals surface area contributed by atoms with Gasteiger partial charge in [0.1, 0.15) is 0 Å². The number of benzene rings is 2. The number of methoxy groups -OCH3 is 6. The minimum absolute atomic E-state index is 0.148. The van der Waals surface area contributed by atoms with Crippen molar-refractivity contribution in [1.29, 1.82) is 0 Å². The Morgan fingerprint density at radius 2 is 1.20 bits per heavy atom. The molecular formula is C42H38Br2O16. The van der Waals surface area contributed by atoms with Crippen molar-refractivity contribution in [3.8, 4) is 23.0 Å². The zero-order chi connectivity index (χ0) is 43.2. The van der Waals surface area contributed by atoms with Crippen LogP contribution in [0.3, 0.4) is 0 Å². The lowest BCUT2D eigenvalue weighted by molar-refractivity contribution is -0.332. The summed E-state index contributed by atoms with van der Waals surface area (Å²) in [5, 5.41) is 24.5. The Balaban J connectivity index is 1.35. The molecule has 2 aliphatic heterocycles. The van der Waals surface area contributed by atoms with Crippen molar-refractivity contribution in [2.45, 2.75) is 29.2 Å². The molecule has 0 radical (unpaired) electrons. The van der Waals surface area contributed by atoms with Gasteiger partial charge < -0.3 is 48.1 Å². The fourth-order valence-corrected chi connectivity index (χ4v) is 11.4. The second kappa shape index (κ2) is 14.9. The first-order valence-electron chi connectivity index (χ1n) is 18.5. The predicted octanol–water partition coefficient (Wildman–Crippen LogP) is 4.51. The molecule has 0 unspecified atom stereocenters. The van der Waals surface area contributed by atoms with Crippen LogP contribution in [0.25, 0.3) is 0 Å². The lowest BCUT2D eigenvalue weighted by Crippen LogP contribution is -2.67. The fourth-order valence-electron chi connectivity index (χ4n) is 10.2. The number of ketones is 1. The van der Waals surface area contributed by atoms with Crippen molar-refractivity contribution < 1.29 is 76.8 Å². The zero-order valence-electron chi connectivity index (χ0n) is 32.8. The van der Waals surface area contributed by atoms with Crippen LogP contribution < -0.4 is 18.9 Å². The summed E-state index contributed by atoms with van der Waals surface area (Å²) < 4.78 is 52.3. The van der Waals surface area contributed by atoms with Gasteiger partial charge in [-0.3, -0.25) is 19.1 Å². The van der Waals surface area contributed by atoms with E-state index < -0.39 is 94.4 Å². The number of fused-ring (bicyclic) bond motifs is 1. The molecule has 0 aromatic heterocycles. The van der Waals surface area contributed by atoms with Crippen LogP contribution in [0, 0.1) is 35.5 Å². The van der Waals surface area contributed by atoms with Crippen molar-refractivity contribution in [1.82, 2.24) is 0 Å². The van der Waals surface area contributed by atoms with Gasteiger partial charge in [-0.2, -0.15) is 0 Å². The predicted molar refractivity (Wildman–Crippen MR) is 211 cm³/mol. The maximum absolute atomic E-state index is 15.4. The third-order valence-electron chi connectivity index (χ3n) is 12.5. The van der Waals surface area contributed by atoms with Crippen molar-refractivity contribution in [2.75, 3.05) is 42.7 Å². The Morgan fingerprint density at radius 3 is 1.70 bits per heavy atom. The third-order valence-corrected chi connectivity index (χ3v) is 13.9. The molecule has 2 saturated heterocycles. The first-order chi connectivity index (χ1) is 28.6. The second-order valence-corrected chi connectivity index (χ2v) is 16.7. The Labute approximate surface area is 359 Å². The van der Waals surface area contributed by atoms with E-state index in [1.54, 1.807) is 30.3 Å². The van der Waals surface area contributed by atoms with Crippen LogP contribution in [0.1, 0.15) is 23.0 Å². The van der Waals surface area contributed by atoms with E-state index in [0.717, 1.165) is 12.2 Å². The van der Waals surface area contributed by atoms with E-state index in [9.17, 15) is 29.4 Å². The molecule has 10 rings (SSSR count). The molecule has 2 spiro atoms. The quantitative estimate of drug-likeness (QED) is 0.180. The van der Waals surface area contributed by atoms with E-state index in [-0.39, 0.29) is 11.3 Å². The molecule has 18 heteroatoms. The molecule has 316 valence electrons. The minimum Gasteiger partial charge on any atom is -0.493 e.